The monoisotopic (exact) mass is 422 g/mol. The number of carbonyl (C=O) groups excluding carboxylic acids is 2. The molecule has 0 aromatic heterocycles. The Bertz CT molecular complexity index is 582. The maximum Gasteiger partial charge on any atom is 0.269 e. The normalized spacial score (nSPS) is 10.8. The van der Waals surface area contributed by atoms with Gasteiger partial charge in [0.05, 0.1) is 5.33 Å². The van der Waals surface area contributed by atoms with E-state index in [2.05, 4.69) is 21.2 Å². The highest BCUT2D eigenvalue weighted by molar-refractivity contribution is 9.09. The lowest BCUT2D eigenvalue weighted by Crippen LogP contribution is -2.28. The number of nitrogens with one attached hydrogen (secondary N) is 1. The molecule has 0 atom stereocenters. The van der Waals surface area contributed by atoms with E-state index in [1.54, 1.807) is 18.2 Å². The molecule has 0 aliphatic carbocycles. The van der Waals surface area contributed by atoms with Crippen LogP contribution in [0.3, 0.4) is 0 Å². The number of alkyl halides is 1. The first-order valence-corrected chi connectivity index (χ1v) is 8.78. The van der Waals surface area contributed by atoms with Crippen molar-refractivity contribution in [2.45, 2.75) is 12.8 Å². The van der Waals surface area contributed by atoms with E-state index in [1.165, 1.54) is 12.2 Å². The molecule has 1 aromatic carbocycles. The molecule has 5 nitrogen and oxygen atoms in total. The fourth-order valence-electron chi connectivity index (χ4n) is 1.66. The standard InChI is InChI=1S/C15H17BrCl2N2O3/c16-10-14(21)19-7-1-2-8-20(23)15(22)6-4-11-3-5-12(17)9-13(11)18/h3-6,9,23H,1-2,7-8,10H2,(H,19,21)/b6-4+. The molecule has 0 radical (unpaired) electrons. The lowest BCUT2D eigenvalue weighted by molar-refractivity contribution is -0.159. The fourth-order valence-corrected chi connectivity index (χ4v) is 2.33. The number of hydrogen-bond acceptors (Lipinski definition) is 3. The van der Waals surface area contributed by atoms with Gasteiger partial charge in [0.1, 0.15) is 0 Å². The summed E-state index contributed by atoms with van der Waals surface area (Å²) in [6.07, 6.45) is 3.98. The van der Waals surface area contributed by atoms with Crippen molar-refractivity contribution < 1.29 is 14.8 Å². The third kappa shape index (κ3) is 7.83. The first-order chi connectivity index (χ1) is 10.9. The average molecular weight is 424 g/mol. The number of amides is 2. The van der Waals surface area contributed by atoms with Crippen molar-refractivity contribution in [1.82, 2.24) is 10.4 Å². The Labute approximate surface area is 153 Å². The second kappa shape index (κ2) is 10.6. The molecule has 0 unspecified atom stereocenters. The smallest absolute Gasteiger partial charge is 0.269 e. The number of carbonyl (C=O) groups is 2. The molecule has 0 fully saturated rings. The Morgan fingerprint density at radius 3 is 2.70 bits per heavy atom. The number of hydroxylamine groups is 2. The van der Waals surface area contributed by atoms with E-state index in [4.69, 9.17) is 23.2 Å². The van der Waals surface area contributed by atoms with E-state index in [-0.39, 0.29) is 17.8 Å². The molecule has 0 bridgehead atoms. The molecule has 1 rings (SSSR count). The second-order valence-corrected chi connectivity index (χ2v) is 6.06. The van der Waals surface area contributed by atoms with Crippen LogP contribution in [0.5, 0.6) is 0 Å². The number of unbranched alkanes of at least 4 members (excludes halogenated alkanes) is 1. The van der Waals surface area contributed by atoms with Gasteiger partial charge in [-0.1, -0.05) is 45.2 Å². The van der Waals surface area contributed by atoms with Crippen LogP contribution in [0.4, 0.5) is 0 Å². The molecule has 1 aromatic rings. The molecule has 0 heterocycles. The third-order valence-corrected chi connectivity index (χ3v) is 3.93. The topological polar surface area (TPSA) is 69.6 Å². The zero-order valence-electron chi connectivity index (χ0n) is 12.3. The molecule has 0 saturated carbocycles. The molecule has 8 heteroatoms. The van der Waals surface area contributed by atoms with Crippen molar-refractivity contribution in [2.75, 3.05) is 18.4 Å². The highest BCUT2D eigenvalue weighted by Crippen LogP contribution is 2.21. The summed E-state index contributed by atoms with van der Waals surface area (Å²) in [6, 6.07) is 4.92. The maximum absolute atomic E-state index is 11.8. The molecule has 126 valence electrons. The van der Waals surface area contributed by atoms with Gasteiger partial charge < -0.3 is 5.32 Å². The maximum atomic E-state index is 11.8. The molecule has 0 spiro atoms. The van der Waals surface area contributed by atoms with Crippen molar-refractivity contribution in [3.8, 4) is 0 Å². The summed E-state index contributed by atoms with van der Waals surface area (Å²) in [6.45, 7) is 0.685. The van der Waals surface area contributed by atoms with Gasteiger partial charge in [0.25, 0.3) is 5.91 Å². The van der Waals surface area contributed by atoms with Gasteiger partial charge in [0, 0.05) is 29.2 Å². The number of rotatable bonds is 8. The highest BCUT2D eigenvalue weighted by atomic mass is 79.9. The summed E-state index contributed by atoms with van der Waals surface area (Å²) in [5.41, 5.74) is 0.635. The minimum Gasteiger partial charge on any atom is -0.355 e. The van der Waals surface area contributed by atoms with Gasteiger partial charge in [-0.15, -0.1) is 0 Å². The first kappa shape index (κ1) is 20.0. The van der Waals surface area contributed by atoms with E-state index in [1.807, 2.05) is 0 Å². The highest BCUT2D eigenvalue weighted by Gasteiger charge is 2.07. The van der Waals surface area contributed by atoms with Crippen molar-refractivity contribution in [2.24, 2.45) is 0 Å². The van der Waals surface area contributed by atoms with Crippen LogP contribution in [0.25, 0.3) is 6.08 Å². The molecular weight excluding hydrogens is 407 g/mol. The first-order valence-electron chi connectivity index (χ1n) is 6.90. The number of nitrogens with zero attached hydrogens (tertiary/aromatic N) is 1. The Balaban J connectivity index is 2.36. The predicted octanol–water partition coefficient (Wildman–Crippen LogP) is 3.52. The average Bonchev–Trinajstić information content (AvgIpc) is 2.52. The van der Waals surface area contributed by atoms with Crippen molar-refractivity contribution in [1.29, 1.82) is 0 Å². The summed E-state index contributed by atoms with van der Waals surface area (Å²) in [5, 5.41) is 14.2. The summed E-state index contributed by atoms with van der Waals surface area (Å²) in [7, 11) is 0. The van der Waals surface area contributed by atoms with Crippen LogP contribution >= 0.6 is 39.1 Å². The van der Waals surface area contributed by atoms with Crippen LogP contribution in [-0.4, -0.2) is 40.5 Å². The van der Waals surface area contributed by atoms with Crippen LogP contribution in [0.15, 0.2) is 24.3 Å². The lowest BCUT2D eigenvalue weighted by atomic mass is 10.2. The summed E-state index contributed by atoms with van der Waals surface area (Å²) in [5.74, 6) is -0.634. The van der Waals surface area contributed by atoms with Gasteiger partial charge in [0.15, 0.2) is 0 Å². The van der Waals surface area contributed by atoms with E-state index in [0.29, 0.717) is 40.1 Å². The van der Waals surface area contributed by atoms with Gasteiger partial charge in [-0.3, -0.25) is 14.8 Å². The quantitative estimate of drug-likeness (QED) is 0.221. The zero-order chi connectivity index (χ0) is 17.2. The number of hydrogen-bond donors (Lipinski definition) is 2. The Hall–Kier alpha value is -1.08. The minimum absolute atomic E-state index is 0.0929. The van der Waals surface area contributed by atoms with Crippen LogP contribution < -0.4 is 5.32 Å². The van der Waals surface area contributed by atoms with E-state index in [9.17, 15) is 14.8 Å². The molecule has 0 aliphatic rings. The lowest BCUT2D eigenvalue weighted by Gasteiger charge is -2.12. The van der Waals surface area contributed by atoms with Gasteiger partial charge in [-0.2, -0.15) is 0 Å². The van der Waals surface area contributed by atoms with E-state index in [0.717, 1.165) is 0 Å². The van der Waals surface area contributed by atoms with Crippen LogP contribution in [0, 0.1) is 0 Å². The van der Waals surface area contributed by atoms with Gasteiger partial charge in [-0.25, -0.2) is 5.06 Å². The summed E-state index contributed by atoms with van der Waals surface area (Å²) < 4.78 is 0. The molecule has 2 amide bonds. The van der Waals surface area contributed by atoms with E-state index >= 15 is 0 Å². The minimum atomic E-state index is -0.541. The third-order valence-electron chi connectivity index (χ3n) is 2.86. The molecule has 0 saturated heterocycles. The van der Waals surface area contributed by atoms with Gasteiger partial charge >= 0.3 is 0 Å². The van der Waals surface area contributed by atoms with Crippen molar-refractivity contribution in [3.63, 3.8) is 0 Å². The second-order valence-electron chi connectivity index (χ2n) is 4.65. The summed E-state index contributed by atoms with van der Waals surface area (Å²) in [4.78, 5) is 22.7. The largest absolute Gasteiger partial charge is 0.355 e. The fraction of sp³-hybridized carbons (Fsp3) is 0.333. The van der Waals surface area contributed by atoms with E-state index < -0.39 is 5.91 Å². The molecule has 2 N–H and O–H groups in total. The zero-order valence-corrected chi connectivity index (χ0v) is 15.4. The molecule has 0 aliphatic heterocycles. The number of benzene rings is 1. The van der Waals surface area contributed by atoms with Crippen LogP contribution in [0.2, 0.25) is 10.0 Å². The Kier molecular flexibility index (Phi) is 9.24. The van der Waals surface area contributed by atoms with Crippen LogP contribution in [0.1, 0.15) is 18.4 Å². The molecular formula is C15H17BrCl2N2O3. The van der Waals surface area contributed by atoms with Gasteiger partial charge in [0.2, 0.25) is 5.91 Å². The van der Waals surface area contributed by atoms with Crippen molar-refractivity contribution in [3.05, 3.63) is 39.9 Å². The Morgan fingerprint density at radius 2 is 2.04 bits per heavy atom. The number of halogens is 3. The predicted molar refractivity (Wildman–Crippen MR) is 95.0 cm³/mol. The van der Waals surface area contributed by atoms with Gasteiger partial charge in [-0.05, 0) is 36.6 Å². The van der Waals surface area contributed by atoms with Crippen LogP contribution in [-0.2, 0) is 9.59 Å². The Morgan fingerprint density at radius 1 is 1.30 bits per heavy atom. The molecule has 23 heavy (non-hydrogen) atoms. The summed E-state index contributed by atoms with van der Waals surface area (Å²) >= 11 is 14.8. The SMILES string of the molecule is O=C(CBr)NCCCCN(O)C(=O)/C=C/c1ccc(Cl)cc1Cl. The van der Waals surface area contributed by atoms with Crippen molar-refractivity contribution >= 4 is 57.0 Å².